The number of hydrogen-bond acceptors (Lipinski definition) is 2. The zero-order valence-corrected chi connectivity index (χ0v) is 15.9. The molecule has 0 aliphatic rings. The van der Waals surface area contributed by atoms with Crippen LogP contribution in [0, 0.1) is 0 Å². The summed E-state index contributed by atoms with van der Waals surface area (Å²) in [4.78, 5) is 0.390. The highest BCUT2D eigenvalue weighted by molar-refractivity contribution is 7.89. The Morgan fingerprint density at radius 2 is 1.36 bits per heavy atom. The fourth-order valence-electron chi connectivity index (χ4n) is 2.52. The van der Waals surface area contributed by atoms with Gasteiger partial charge in [0.05, 0.1) is 4.90 Å². The van der Waals surface area contributed by atoms with E-state index >= 15 is 0 Å². The molecule has 0 radical (unpaired) electrons. The van der Waals surface area contributed by atoms with Gasteiger partial charge in [0.1, 0.15) is 0 Å². The fraction of sp³-hybridized carbons (Fsp3) is 0.667. The van der Waals surface area contributed by atoms with Crippen LogP contribution in [0.2, 0.25) is 0 Å². The molecule has 0 aliphatic carbocycles. The molecule has 0 heterocycles. The molecule has 1 rings (SSSR count). The van der Waals surface area contributed by atoms with Crippen LogP contribution in [-0.2, 0) is 15.4 Å². The first-order valence-corrected chi connectivity index (χ1v) is 9.63. The number of benzene rings is 1. The van der Waals surface area contributed by atoms with Gasteiger partial charge in [0, 0.05) is 12.1 Å². The lowest BCUT2D eigenvalue weighted by Crippen LogP contribution is -2.44. The second-order valence-corrected chi connectivity index (χ2v) is 8.97. The highest BCUT2D eigenvalue weighted by Crippen LogP contribution is 2.27. The predicted octanol–water partition coefficient (Wildman–Crippen LogP) is 4.57. The van der Waals surface area contributed by atoms with E-state index in [4.69, 9.17) is 0 Å². The Morgan fingerprint density at radius 3 is 1.68 bits per heavy atom. The Kier molecular flexibility index (Phi) is 6.22. The SMILES string of the molecule is CCC(C)N(C(C)CC)S(=O)(=O)c1ccc(C(C)(C)C)cc1. The number of rotatable bonds is 6. The van der Waals surface area contributed by atoms with Gasteiger partial charge in [-0.2, -0.15) is 4.31 Å². The van der Waals surface area contributed by atoms with E-state index in [-0.39, 0.29) is 17.5 Å². The molecular weight excluding hydrogens is 294 g/mol. The van der Waals surface area contributed by atoms with E-state index in [9.17, 15) is 8.42 Å². The van der Waals surface area contributed by atoms with Crippen LogP contribution < -0.4 is 0 Å². The summed E-state index contributed by atoms with van der Waals surface area (Å²) in [6, 6.07) is 7.35. The van der Waals surface area contributed by atoms with E-state index in [1.165, 1.54) is 0 Å². The first-order chi connectivity index (χ1) is 10.1. The summed E-state index contributed by atoms with van der Waals surface area (Å²) in [6.45, 7) is 14.4. The lowest BCUT2D eigenvalue weighted by atomic mass is 9.87. The molecule has 0 bridgehead atoms. The number of hydrogen-bond donors (Lipinski definition) is 0. The van der Waals surface area contributed by atoms with Crippen molar-refractivity contribution in [2.45, 2.75) is 83.7 Å². The van der Waals surface area contributed by atoms with Crippen molar-refractivity contribution in [1.29, 1.82) is 0 Å². The van der Waals surface area contributed by atoms with Gasteiger partial charge < -0.3 is 0 Å². The topological polar surface area (TPSA) is 37.4 Å². The summed E-state index contributed by atoms with van der Waals surface area (Å²) in [5.74, 6) is 0. The van der Waals surface area contributed by atoms with E-state index < -0.39 is 10.0 Å². The first kappa shape index (κ1) is 19.2. The predicted molar refractivity (Wildman–Crippen MR) is 93.7 cm³/mol. The third kappa shape index (κ3) is 4.11. The monoisotopic (exact) mass is 325 g/mol. The maximum absolute atomic E-state index is 13.0. The molecule has 4 heteroatoms. The standard InChI is InChI=1S/C18H31NO2S/c1-8-14(3)19(15(4)9-2)22(20,21)17-12-10-16(11-13-17)18(5,6)7/h10-15H,8-9H2,1-7H3. The molecule has 0 spiro atoms. The molecule has 0 amide bonds. The number of nitrogens with zero attached hydrogens (tertiary/aromatic N) is 1. The van der Waals surface area contributed by atoms with Gasteiger partial charge in [-0.05, 0) is 49.8 Å². The molecule has 2 atom stereocenters. The van der Waals surface area contributed by atoms with Crippen molar-refractivity contribution in [1.82, 2.24) is 4.31 Å². The Balaban J connectivity index is 3.26. The molecule has 0 aromatic heterocycles. The van der Waals surface area contributed by atoms with Crippen molar-refractivity contribution < 1.29 is 8.42 Å². The minimum Gasteiger partial charge on any atom is -0.207 e. The van der Waals surface area contributed by atoms with Gasteiger partial charge in [0.2, 0.25) is 10.0 Å². The van der Waals surface area contributed by atoms with Crippen LogP contribution >= 0.6 is 0 Å². The lowest BCUT2D eigenvalue weighted by molar-refractivity contribution is 0.262. The average Bonchev–Trinajstić information content (AvgIpc) is 2.45. The van der Waals surface area contributed by atoms with Crippen LogP contribution in [0.3, 0.4) is 0 Å². The first-order valence-electron chi connectivity index (χ1n) is 8.19. The molecule has 1 aromatic carbocycles. The highest BCUT2D eigenvalue weighted by Gasteiger charge is 2.31. The van der Waals surface area contributed by atoms with Crippen LogP contribution in [0.4, 0.5) is 0 Å². The van der Waals surface area contributed by atoms with Crippen LogP contribution in [0.25, 0.3) is 0 Å². The second kappa shape index (κ2) is 7.14. The summed E-state index contributed by atoms with van der Waals surface area (Å²) >= 11 is 0. The molecule has 0 aliphatic heterocycles. The molecule has 0 N–H and O–H groups in total. The minimum absolute atomic E-state index is 0.00208. The minimum atomic E-state index is -3.45. The Labute approximate surface area is 136 Å². The lowest BCUT2D eigenvalue weighted by Gasteiger charge is -2.32. The van der Waals surface area contributed by atoms with Crippen molar-refractivity contribution in [3.05, 3.63) is 29.8 Å². The Hall–Kier alpha value is -0.870. The number of sulfonamides is 1. The molecule has 3 nitrogen and oxygen atoms in total. The van der Waals surface area contributed by atoms with Crippen LogP contribution in [0.1, 0.15) is 66.9 Å². The summed E-state index contributed by atoms with van der Waals surface area (Å²) in [6.07, 6.45) is 1.62. The zero-order chi connectivity index (χ0) is 17.1. The van der Waals surface area contributed by atoms with Crippen LogP contribution in [0.15, 0.2) is 29.2 Å². The highest BCUT2D eigenvalue weighted by atomic mass is 32.2. The van der Waals surface area contributed by atoms with Gasteiger partial charge in [-0.1, -0.05) is 46.8 Å². The molecular formula is C18H31NO2S. The van der Waals surface area contributed by atoms with E-state index in [0.29, 0.717) is 4.90 Å². The summed E-state index contributed by atoms with van der Waals surface area (Å²) in [5, 5.41) is 0. The van der Waals surface area contributed by atoms with Crippen molar-refractivity contribution in [2.75, 3.05) is 0 Å². The van der Waals surface area contributed by atoms with Crippen molar-refractivity contribution >= 4 is 10.0 Å². The van der Waals surface area contributed by atoms with Crippen LogP contribution in [0.5, 0.6) is 0 Å². The van der Waals surface area contributed by atoms with Crippen molar-refractivity contribution in [3.63, 3.8) is 0 Å². The third-order valence-electron chi connectivity index (χ3n) is 4.35. The largest absolute Gasteiger partial charge is 0.243 e. The quantitative estimate of drug-likeness (QED) is 0.768. The normalized spacial score (nSPS) is 15.8. The van der Waals surface area contributed by atoms with Gasteiger partial charge in [-0.15, -0.1) is 0 Å². The van der Waals surface area contributed by atoms with Gasteiger partial charge in [-0.3, -0.25) is 0 Å². The smallest absolute Gasteiger partial charge is 0.207 e. The summed E-state index contributed by atoms with van der Waals surface area (Å²) in [7, 11) is -3.45. The maximum Gasteiger partial charge on any atom is 0.243 e. The van der Waals surface area contributed by atoms with Crippen LogP contribution in [-0.4, -0.2) is 24.8 Å². The van der Waals surface area contributed by atoms with Gasteiger partial charge >= 0.3 is 0 Å². The van der Waals surface area contributed by atoms with E-state index in [0.717, 1.165) is 18.4 Å². The van der Waals surface area contributed by atoms with Crippen molar-refractivity contribution in [2.24, 2.45) is 0 Å². The van der Waals surface area contributed by atoms with E-state index in [1.54, 1.807) is 16.4 Å². The van der Waals surface area contributed by atoms with Gasteiger partial charge in [0.15, 0.2) is 0 Å². The summed E-state index contributed by atoms with van der Waals surface area (Å²) in [5.41, 5.74) is 1.17. The van der Waals surface area contributed by atoms with Gasteiger partial charge in [0.25, 0.3) is 0 Å². The Bertz CT molecular complexity index is 560. The van der Waals surface area contributed by atoms with E-state index in [2.05, 4.69) is 20.8 Å². The second-order valence-electron chi connectivity index (χ2n) is 7.12. The third-order valence-corrected chi connectivity index (χ3v) is 6.49. The van der Waals surface area contributed by atoms with Gasteiger partial charge in [-0.25, -0.2) is 8.42 Å². The average molecular weight is 326 g/mol. The summed E-state index contributed by atoms with van der Waals surface area (Å²) < 4.78 is 27.7. The molecule has 126 valence electrons. The molecule has 2 unspecified atom stereocenters. The molecule has 0 saturated carbocycles. The molecule has 1 aromatic rings. The fourth-order valence-corrected chi connectivity index (χ4v) is 4.49. The van der Waals surface area contributed by atoms with Crippen molar-refractivity contribution in [3.8, 4) is 0 Å². The molecule has 22 heavy (non-hydrogen) atoms. The molecule has 0 saturated heterocycles. The Morgan fingerprint density at radius 1 is 0.955 bits per heavy atom. The van der Waals surface area contributed by atoms with E-state index in [1.807, 2.05) is 39.8 Å². The maximum atomic E-state index is 13.0. The molecule has 0 fully saturated rings. The zero-order valence-electron chi connectivity index (χ0n) is 15.1.